The van der Waals surface area contributed by atoms with Crippen molar-refractivity contribution in [3.63, 3.8) is 0 Å². The number of rotatable bonds is 2. The summed E-state index contributed by atoms with van der Waals surface area (Å²) in [6.45, 7) is 5.31. The molecule has 0 aliphatic carbocycles. The molecule has 1 N–H and O–H groups in total. The van der Waals surface area contributed by atoms with Gasteiger partial charge in [0.2, 0.25) is 5.95 Å². The van der Waals surface area contributed by atoms with Crippen LogP contribution in [-0.4, -0.2) is 28.7 Å². The Morgan fingerprint density at radius 3 is 3.00 bits per heavy atom. The van der Waals surface area contributed by atoms with E-state index in [0.717, 1.165) is 18.7 Å². The van der Waals surface area contributed by atoms with Gasteiger partial charge in [-0.2, -0.15) is 5.26 Å². The Balaban J connectivity index is 2.21. The van der Waals surface area contributed by atoms with Crippen LogP contribution in [0.15, 0.2) is 6.07 Å². The number of nitriles is 1. The number of anilines is 1. The van der Waals surface area contributed by atoms with Gasteiger partial charge in [0.15, 0.2) is 0 Å². The number of aryl methyl sites for hydroxylation is 1. The van der Waals surface area contributed by atoms with Crippen LogP contribution in [0, 0.1) is 18.3 Å². The third kappa shape index (κ3) is 2.28. The molecular formula is C11H14N4O. The molecule has 1 atom stereocenters. The maximum absolute atomic E-state index is 8.82. The predicted octanol–water partition coefficient (Wildman–Crippen LogP) is 1.25. The zero-order valence-corrected chi connectivity index (χ0v) is 9.45. The summed E-state index contributed by atoms with van der Waals surface area (Å²) in [7, 11) is 0. The molecule has 0 bridgehead atoms. The zero-order chi connectivity index (χ0) is 11.6. The van der Waals surface area contributed by atoms with E-state index in [-0.39, 0.29) is 5.54 Å². The molecule has 5 nitrogen and oxygen atoms in total. The monoisotopic (exact) mass is 218 g/mol. The summed E-state index contributed by atoms with van der Waals surface area (Å²) in [5.74, 6) is 0.504. The second kappa shape index (κ2) is 4.06. The van der Waals surface area contributed by atoms with E-state index in [1.54, 1.807) is 6.07 Å². The first-order chi connectivity index (χ1) is 7.61. The standard InChI is InChI=1S/C11H14N4O/c1-8-5-9(6-12)14-10(13-8)15-11(2)3-4-16-7-11/h5H,3-4,7H2,1-2H3,(H,13,14,15). The number of hydrogen-bond donors (Lipinski definition) is 1. The number of aromatic nitrogens is 2. The van der Waals surface area contributed by atoms with Gasteiger partial charge in [-0.05, 0) is 26.3 Å². The molecule has 0 spiro atoms. The fourth-order valence-corrected chi connectivity index (χ4v) is 1.72. The zero-order valence-electron chi connectivity index (χ0n) is 9.45. The predicted molar refractivity (Wildman–Crippen MR) is 58.9 cm³/mol. The van der Waals surface area contributed by atoms with Crippen molar-refractivity contribution in [3.05, 3.63) is 17.5 Å². The summed E-state index contributed by atoms with van der Waals surface area (Å²) in [6, 6.07) is 3.69. The van der Waals surface area contributed by atoms with Crippen LogP contribution in [0.4, 0.5) is 5.95 Å². The second-order valence-electron chi connectivity index (χ2n) is 4.32. The van der Waals surface area contributed by atoms with Crippen molar-refractivity contribution in [2.75, 3.05) is 18.5 Å². The average molecular weight is 218 g/mol. The third-order valence-corrected chi connectivity index (χ3v) is 2.60. The topological polar surface area (TPSA) is 70.8 Å². The van der Waals surface area contributed by atoms with Crippen molar-refractivity contribution in [3.8, 4) is 6.07 Å². The van der Waals surface area contributed by atoms with Crippen LogP contribution in [0.5, 0.6) is 0 Å². The molecule has 0 radical (unpaired) electrons. The molecule has 1 fully saturated rings. The van der Waals surface area contributed by atoms with E-state index in [4.69, 9.17) is 10.00 Å². The molecule has 1 aromatic heterocycles. The SMILES string of the molecule is Cc1cc(C#N)nc(NC2(C)CCOC2)n1. The van der Waals surface area contributed by atoms with Gasteiger partial charge in [-0.15, -0.1) is 0 Å². The lowest BCUT2D eigenvalue weighted by atomic mass is 10.0. The summed E-state index contributed by atoms with van der Waals surface area (Å²) in [4.78, 5) is 8.38. The minimum atomic E-state index is -0.124. The van der Waals surface area contributed by atoms with Crippen LogP contribution in [0.2, 0.25) is 0 Å². The van der Waals surface area contributed by atoms with Gasteiger partial charge in [0, 0.05) is 12.3 Å². The average Bonchev–Trinajstić information content (AvgIpc) is 2.63. The molecule has 84 valence electrons. The summed E-state index contributed by atoms with van der Waals surface area (Å²) < 4.78 is 5.34. The fourth-order valence-electron chi connectivity index (χ4n) is 1.72. The van der Waals surface area contributed by atoms with Crippen LogP contribution in [0.1, 0.15) is 24.7 Å². The van der Waals surface area contributed by atoms with E-state index >= 15 is 0 Å². The minimum Gasteiger partial charge on any atom is -0.379 e. The maximum Gasteiger partial charge on any atom is 0.224 e. The van der Waals surface area contributed by atoms with Gasteiger partial charge in [0.05, 0.1) is 12.1 Å². The van der Waals surface area contributed by atoms with E-state index in [1.165, 1.54) is 0 Å². The summed E-state index contributed by atoms with van der Waals surface area (Å²) in [6.07, 6.45) is 0.923. The molecule has 0 saturated carbocycles. The molecule has 1 saturated heterocycles. The van der Waals surface area contributed by atoms with Crippen molar-refractivity contribution < 1.29 is 4.74 Å². The molecule has 1 aromatic rings. The van der Waals surface area contributed by atoms with Crippen LogP contribution in [0.25, 0.3) is 0 Å². The van der Waals surface area contributed by atoms with Crippen LogP contribution < -0.4 is 5.32 Å². The van der Waals surface area contributed by atoms with Gasteiger partial charge in [0.1, 0.15) is 11.8 Å². The molecule has 1 aliphatic rings. The van der Waals surface area contributed by atoms with Gasteiger partial charge < -0.3 is 10.1 Å². The Morgan fingerprint density at radius 1 is 1.56 bits per heavy atom. The third-order valence-electron chi connectivity index (χ3n) is 2.60. The van der Waals surface area contributed by atoms with Crippen molar-refractivity contribution >= 4 is 5.95 Å². The number of nitrogens with zero attached hydrogens (tertiary/aromatic N) is 3. The summed E-state index contributed by atoms with van der Waals surface area (Å²) in [5, 5.41) is 12.1. The van der Waals surface area contributed by atoms with Crippen molar-refractivity contribution in [1.29, 1.82) is 5.26 Å². The maximum atomic E-state index is 8.82. The Labute approximate surface area is 94.5 Å². The van der Waals surface area contributed by atoms with Gasteiger partial charge in [-0.25, -0.2) is 9.97 Å². The van der Waals surface area contributed by atoms with Crippen molar-refractivity contribution in [2.24, 2.45) is 0 Å². The van der Waals surface area contributed by atoms with E-state index in [1.807, 2.05) is 13.0 Å². The molecule has 16 heavy (non-hydrogen) atoms. The summed E-state index contributed by atoms with van der Waals surface area (Å²) >= 11 is 0. The summed E-state index contributed by atoms with van der Waals surface area (Å²) in [5.41, 5.74) is 1.05. The number of nitrogens with one attached hydrogen (secondary N) is 1. The Kier molecular flexibility index (Phi) is 2.75. The van der Waals surface area contributed by atoms with Crippen LogP contribution in [0.3, 0.4) is 0 Å². The largest absolute Gasteiger partial charge is 0.379 e. The second-order valence-corrected chi connectivity index (χ2v) is 4.32. The van der Waals surface area contributed by atoms with E-state index < -0.39 is 0 Å². The molecule has 0 amide bonds. The van der Waals surface area contributed by atoms with Crippen molar-refractivity contribution in [2.45, 2.75) is 25.8 Å². The van der Waals surface area contributed by atoms with Gasteiger partial charge >= 0.3 is 0 Å². The minimum absolute atomic E-state index is 0.124. The Morgan fingerprint density at radius 2 is 2.38 bits per heavy atom. The van der Waals surface area contributed by atoms with Crippen molar-refractivity contribution in [1.82, 2.24) is 9.97 Å². The number of ether oxygens (including phenoxy) is 1. The molecule has 2 heterocycles. The molecular weight excluding hydrogens is 204 g/mol. The lowest BCUT2D eigenvalue weighted by Gasteiger charge is -2.23. The first kappa shape index (κ1) is 10.8. The molecule has 5 heteroatoms. The quantitative estimate of drug-likeness (QED) is 0.808. The fraction of sp³-hybridized carbons (Fsp3) is 0.545. The first-order valence-electron chi connectivity index (χ1n) is 5.23. The molecule has 2 rings (SSSR count). The van der Waals surface area contributed by atoms with E-state index in [9.17, 15) is 0 Å². The van der Waals surface area contributed by atoms with Crippen LogP contribution in [-0.2, 0) is 4.74 Å². The lowest BCUT2D eigenvalue weighted by Crippen LogP contribution is -2.35. The smallest absolute Gasteiger partial charge is 0.224 e. The molecule has 1 unspecified atom stereocenters. The Hall–Kier alpha value is -1.67. The highest BCUT2D eigenvalue weighted by molar-refractivity contribution is 5.35. The highest BCUT2D eigenvalue weighted by Crippen LogP contribution is 2.22. The normalized spacial score (nSPS) is 24.1. The highest BCUT2D eigenvalue weighted by atomic mass is 16.5. The Bertz CT molecular complexity index is 432. The first-order valence-corrected chi connectivity index (χ1v) is 5.23. The molecule has 0 aromatic carbocycles. The van der Waals surface area contributed by atoms with Crippen LogP contribution >= 0.6 is 0 Å². The highest BCUT2D eigenvalue weighted by Gasteiger charge is 2.30. The van der Waals surface area contributed by atoms with E-state index in [2.05, 4.69) is 22.2 Å². The molecule has 1 aliphatic heterocycles. The van der Waals surface area contributed by atoms with Gasteiger partial charge in [-0.1, -0.05) is 0 Å². The van der Waals surface area contributed by atoms with Gasteiger partial charge in [0.25, 0.3) is 0 Å². The number of hydrogen-bond acceptors (Lipinski definition) is 5. The van der Waals surface area contributed by atoms with Gasteiger partial charge in [-0.3, -0.25) is 0 Å². The van der Waals surface area contributed by atoms with E-state index in [0.29, 0.717) is 18.2 Å². The lowest BCUT2D eigenvalue weighted by molar-refractivity contribution is 0.185.